The number of anilines is 1. The fourth-order valence-corrected chi connectivity index (χ4v) is 2.80. The molecule has 1 aliphatic rings. The molecule has 0 atom stereocenters. The molecule has 1 heterocycles. The number of rotatable bonds is 5. The largest absolute Gasteiger partial charge is 0.497 e. The van der Waals surface area contributed by atoms with Crippen molar-refractivity contribution in [3.63, 3.8) is 0 Å². The van der Waals surface area contributed by atoms with Crippen molar-refractivity contribution in [3.8, 4) is 5.75 Å². The molecule has 3 amide bonds. The lowest BCUT2D eigenvalue weighted by Crippen LogP contribution is -2.47. The van der Waals surface area contributed by atoms with Crippen LogP contribution in [0.15, 0.2) is 24.3 Å². The Bertz CT molecular complexity index is 566. The zero-order chi connectivity index (χ0) is 17.5. The summed E-state index contributed by atoms with van der Waals surface area (Å²) >= 11 is 0. The van der Waals surface area contributed by atoms with Gasteiger partial charge >= 0.3 is 6.03 Å². The smallest absolute Gasteiger partial charge is 0.319 e. The van der Waals surface area contributed by atoms with Gasteiger partial charge < -0.3 is 20.3 Å². The summed E-state index contributed by atoms with van der Waals surface area (Å²) < 4.78 is 5.14. The summed E-state index contributed by atoms with van der Waals surface area (Å²) in [4.78, 5) is 26.1. The Morgan fingerprint density at radius 3 is 2.62 bits per heavy atom. The van der Waals surface area contributed by atoms with Crippen LogP contribution in [0.3, 0.4) is 0 Å². The number of benzene rings is 1. The molecule has 1 fully saturated rings. The molecule has 0 saturated carbocycles. The Labute approximate surface area is 143 Å². The summed E-state index contributed by atoms with van der Waals surface area (Å²) in [5.41, 5.74) is 0.691. The molecule has 1 aromatic rings. The first-order valence-corrected chi connectivity index (χ1v) is 8.47. The van der Waals surface area contributed by atoms with E-state index in [0.29, 0.717) is 36.9 Å². The van der Waals surface area contributed by atoms with E-state index < -0.39 is 0 Å². The van der Waals surface area contributed by atoms with Gasteiger partial charge in [-0.1, -0.05) is 19.9 Å². The summed E-state index contributed by atoms with van der Waals surface area (Å²) in [7, 11) is 1.59. The van der Waals surface area contributed by atoms with E-state index in [2.05, 4.69) is 24.5 Å². The van der Waals surface area contributed by atoms with Gasteiger partial charge in [-0.25, -0.2) is 4.79 Å². The molecular formula is C18H27N3O3. The maximum Gasteiger partial charge on any atom is 0.319 e. The number of nitrogens with one attached hydrogen (secondary N) is 2. The molecule has 2 rings (SSSR count). The molecule has 0 aliphatic carbocycles. The molecule has 24 heavy (non-hydrogen) atoms. The number of piperidine rings is 1. The minimum atomic E-state index is -0.227. The van der Waals surface area contributed by atoms with Gasteiger partial charge in [0.15, 0.2) is 0 Å². The molecule has 1 aliphatic heterocycles. The van der Waals surface area contributed by atoms with E-state index in [0.717, 1.165) is 12.8 Å². The van der Waals surface area contributed by atoms with Crippen molar-refractivity contribution in [2.24, 2.45) is 5.92 Å². The molecule has 1 saturated heterocycles. The molecule has 0 radical (unpaired) electrons. The zero-order valence-electron chi connectivity index (χ0n) is 14.7. The Morgan fingerprint density at radius 1 is 1.29 bits per heavy atom. The van der Waals surface area contributed by atoms with Crippen molar-refractivity contribution in [2.75, 3.05) is 25.5 Å². The fourth-order valence-electron chi connectivity index (χ4n) is 2.80. The van der Waals surface area contributed by atoms with Gasteiger partial charge in [0.25, 0.3) is 0 Å². The first-order valence-electron chi connectivity index (χ1n) is 8.47. The topological polar surface area (TPSA) is 70.7 Å². The number of ether oxygens (including phenoxy) is 1. The average Bonchev–Trinajstić information content (AvgIpc) is 2.55. The van der Waals surface area contributed by atoms with Gasteiger partial charge in [0, 0.05) is 37.3 Å². The number of hydrogen-bond donors (Lipinski definition) is 2. The van der Waals surface area contributed by atoms with Crippen LogP contribution in [-0.2, 0) is 4.79 Å². The SMILES string of the molecule is COc1cccc(NC(=O)NC2CCN(C(=O)CC(C)C)CC2)c1. The van der Waals surface area contributed by atoms with Crippen LogP contribution in [0.2, 0.25) is 0 Å². The van der Waals surface area contributed by atoms with Gasteiger partial charge in [0.2, 0.25) is 5.91 Å². The molecule has 2 N–H and O–H groups in total. The second kappa shape index (κ2) is 8.57. The number of carbonyl (C=O) groups excluding carboxylic acids is 2. The van der Waals surface area contributed by atoms with Crippen molar-refractivity contribution < 1.29 is 14.3 Å². The third kappa shape index (κ3) is 5.44. The van der Waals surface area contributed by atoms with E-state index in [1.54, 1.807) is 13.2 Å². The predicted octanol–water partition coefficient (Wildman–Crippen LogP) is 2.85. The zero-order valence-corrected chi connectivity index (χ0v) is 14.7. The molecule has 0 bridgehead atoms. The first kappa shape index (κ1) is 18.1. The molecule has 6 heteroatoms. The van der Waals surface area contributed by atoms with Crippen LogP contribution < -0.4 is 15.4 Å². The summed E-state index contributed by atoms with van der Waals surface area (Å²) in [6, 6.07) is 7.11. The summed E-state index contributed by atoms with van der Waals surface area (Å²) in [5.74, 6) is 1.29. The van der Waals surface area contributed by atoms with E-state index in [1.165, 1.54) is 0 Å². The minimum absolute atomic E-state index is 0.0960. The number of nitrogens with zero attached hydrogens (tertiary/aromatic N) is 1. The quantitative estimate of drug-likeness (QED) is 0.870. The highest BCUT2D eigenvalue weighted by molar-refractivity contribution is 5.89. The van der Waals surface area contributed by atoms with Crippen LogP contribution in [0.1, 0.15) is 33.1 Å². The van der Waals surface area contributed by atoms with Crippen LogP contribution in [-0.4, -0.2) is 43.1 Å². The van der Waals surface area contributed by atoms with Crippen LogP contribution in [0.25, 0.3) is 0 Å². The van der Waals surface area contributed by atoms with Gasteiger partial charge in [-0.2, -0.15) is 0 Å². The van der Waals surface area contributed by atoms with E-state index >= 15 is 0 Å². The summed E-state index contributed by atoms with van der Waals surface area (Å²) in [6.45, 7) is 5.51. The number of amides is 3. The highest BCUT2D eigenvalue weighted by atomic mass is 16.5. The minimum Gasteiger partial charge on any atom is -0.497 e. The molecule has 0 spiro atoms. The molecule has 0 unspecified atom stereocenters. The highest BCUT2D eigenvalue weighted by Gasteiger charge is 2.24. The number of carbonyl (C=O) groups is 2. The number of urea groups is 1. The lowest BCUT2D eigenvalue weighted by Gasteiger charge is -2.32. The second-order valence-corrected chi connectivity index (χ2v) is 6.58. The van der Waals surface area contributed by atoms with Crippen molar-refractivity contribution in [1.29, 1.82) is 0 Å². The van der Waals surface area contributed by atoms with Crippen LogP contribution in [0.5, 0.6) is 5.75 Å². The Morgan fingerprint density at radius 2 is 2.00 bits per heavy atom. The molecular weight excluding hydrogens is 306 g/mol. The number of likely N-dealkylation sites (tertiary alicyclic amines) is 1. The Hall–Kier alpha value is -2.24. The number of hydrogen-bond acceptors (Lipinski definition) is 3. The van der Waals surface area contributed by atoms with Crippen LogP contribution in [0.4, 0.5) is 10.5 Å². The molecule has 0 aromatic heterocycles. The van der Waals surface area contributed by atoms with Crippen molar-refractivity contribution in [2.45, 2.75) is 39.2 Å². The molecule has 132 valence electrons. The molecule has 1 aromatic carbocycles. The monoisotopic (exact) mass is 333 g/mol. The summed E-state index contributed by atoms with van der Waals surface area (Å²) in [6.07, 6.45) is 2.17. The highest BCUT2D eigenvalue weighted by Crippen LogP contribution is 2.17. The van der Waals surface area contributed by atoms with E-state index in [1.807, 2.05) is 23.1 Å². The lowest BCUT2D eigenvalue weighted by atomic mass is 10.0. The summed E-state index contributed by atoms with van der Waals surface area (Å²) in [5, 5.41) is 5.79. The van der Waals surface area contributed by atoms with Gasteiger partial charge in [-0.05, 0) is 30.9 Å². The van der Waals surface area contributed by atoms with Crippen molar-refractivity contribution in [3.05, 3.63) is 24.3 Å². The van der Waals surface area contributed by atoms with Gasteiger partial charge in [0.1, 0.15) is 5.75 Å². The Kier molecular flexibility index (Phi) is 6.46. The van der Waals surface area contributed by atoms with Crippen LogP contribution in [0, 0.1) is 5.92 Å². The second-order valence-electron chi connectivity index (χ2n) is 6.58. The van der Waals surface area contributed by atoms with Crippen molar-refractivity contribution >= 4 is 17.6 Å². The third-order valence-corrected chi connectivity index (χ3v) is 4.09. The van der Waals surface area contributed by atoms with Gasteiger partial charge in [-0.15, -0.1) is 0 Å². The van der Waals surface area contributed by atoms with Gasteiger partial charge in [-0.3, -0.25) is 4.79 Å². The maximum absolute atomic E-state index is 12.1. The van der Waals surface area contributed by atoms with Crippen molar-refractivity contribution in [1.82, 2.24) is 10.2 Å². The number of methoxy groups -OCH3 is 1. The van der Waals surface area contributed by atoms with E-state index in [-0.39, 0.29) is 18.0 Å². The standard InChI is InChI=1S/C18H27N3O3/c1-13(2)11-17(22)21-9-7-14(8-10-21)19-18(23)20-15-5-4-6-16(12-15)24-3/h4-6,12-14H,7-11H2,1-3H3,(H2,19,20,23). The predicted molar refractivity (Wildman–Crippen MR) is 94.2 cm³/mol. The van der Waals surface area contributed by atoms with E-state index in [9.17, 15) is 9.59 Å². The van der Waals surface area contributed by atoms with Crippen LogP contribution >= 0.6 is 0 Å². The van der Waals surface area contributed by atoms with Gasteiger partial charge in [0.05, 0.1) is 7.11 Å². The molecule has 6 nitrogen and oxygen atoms in total. The normalized spacial score (nSPS) is 15.2. The Balaban J connectivity index is 1.76. The lowest BCUT2D eigenvalue weighted by molar-refractivity contribution is -0.133. The average molecular weight is 333 g/mol. The first-order chi connectivity index (χ1) is 11.5. The maximum atomic E-state index is 12.1. The fraction of sp³-hybridized carbons (Fsp3) is 0.556. The third-order valence-electron chi connectivity index (χ3n) is 4.09. The van der Waals surface area contributed by atoms with E-state index in [4.69, 9.17) is 4.74 Å².